The van der Waals surface area contributed by atoms with Crippen LogP contribution in [0.15, 0.2) is 22.9 Å². The molecule has 19 heavy (non-hydrogen) atoms. The summed E-state index contributed by atoms with van der Waals surface area (Å²) in [5.41, 5.74) is 2.86. The second kappa shape index (κ2) is 5.91. The number of nitrogens with two attached hydrogens (primary N) is 1. The SMILES string of the molecule is Cc1noc(CCNC(=O)c2ccnc(NN)c2)n1. The fourth-order valence-electron chi connectivity index (χ4n) is 1.48. The number of aromatic nitrogens is 3. The van der Waals surface area contributed by atoms with E-state index in [1.807, 2.05) is 0 Å². The van der Waals surface area contributed by atoms with Crippen molar-refractivity contribution in [2.24, 2.45) is 5.84 Å². The van der Waals surface area contributed by atoms with Gasteiger partial charge in [0.2, 0.25) is 5.89 Å². The molecule has 1 amide bonds. The van der Waals surface area contributed by atoms with E-state index in [1.165, 1.54) is 6.20 Å². The number of rotatable bonds is 5. The number of pyridine rings is 1. The van der Waals surface area contributed by atoms with Crippen molar-refractivity contribution in [1.29, 1.82) is 0 Å². The summed E-state index contributed by atoms with van der Waals surface area (Å²) in [5, 5.41) is 6.41. The quantitative estimate of drug-likeness (QED) is 0.513. The molecule has 2 rings (SSSR count). The Morgan fingerprint density at radius 1 is 1.53 bits per heavy atom. The van der Waals surface area contributed by atoms with Crippen molar-refractivity contribution in [2.75, 3.05) is 12.0 Å². The van der Waals surface area contributed by atoms with Crippen LogP contribution in [0.1, 0.15) is 22.1 Å². The highest BCUT2D eigenvalue weighted by Gasteiger charge is 2.07. The van der Waals surface area contributed by atoms with Crippen molar-refractivity contribution in [2.45, 2.75) is 13.3 Å². The van der Waals surface area contributed by atoms with Gasteiger partial charge >= 0.3 is 0 Å². The second-order valence-corrected chi connectivity index (χ2v) is 3.82. The van der Waals surface area contributed by atoms with Crippen LogP contribution in [0.3, 0.4) is 0 Å². The summed E-state index contributed by atoms with van der Waals surface area (Å²) in [6, 6.07) is 3.17. The zero-order valence-electron chi connectivity index (χ0n) is 10.4. The third-order valence-corrected chi connectivity index (χ3v) is 2.36. The number of carbonyl (C=O) groups is 1. The second-order valence-electron chi connectivity index (χ2n) is 3.82. The fourth-order valence-corrected chi connectivity index (χ4v) is 1.48. The minimum atomic E-state index is -0.213. The number of anilines is 1. The van der Waals surface area contributed by atoms with E-state index in [1.54, 1.807) is 19.1 Å². The molecule has 8 nitrogen and oxygen atoms in total. The lowest BCUT2D eigenvalue weighted by Gasteiger charge is -2.04. The number of amides is 1. The Morgan fingerprint density at radius 2 is 2.37 bits per heavy atom. The Kier molecular flexibility index (Phi) is 4.04. The maximum absolute atomic E-state index is 11.8. The van der Waals surface area contributed by atoms with E-state index in [0.717, 1.165) is 0 Å². The van der Waals surface area contributed by atoms with Gasteiger partial charge in [-0.05, 0) is 19.1 Å². The first kappa shape index (κ1) is 13.0. The molecule has 4 N–H and O–H groups in total. The van der Waals surface area contributed by atoms with Crippen LogP contribution in [0.25, 0.3) is 0 Å². The topological polar surface area (TPSA) is 119 Å². The van der Waals surface area contributed by atoms with E-state index in [9.17, 15) is 4.79 Å². The summed E-state index contributed by atoms with van der Waals surface area (Å²) < 4.78 is 4.94. The van der Waals surface area contributed by atoms with Crippen LogP contribution >= 0.6 is 0 Å². The molecule has 0 spiro atoms. The fraction of sp³-hybridized carbons (Fsp3) is 0.273. The average molecular weight is 262 g/mol. The van der Waals surface area contributed by atoms with Gasteiger partial charge in [-0.15, -0.1) is 0 Å². The molecule has 0 aliphatic heterocycles. The molecule has 2 aromatic rings. The van der Waals surface area contributed by atoms with Crippen LogP contribution in [-0.2, 0) is 6.42 Å². The van der Waals surface area contributed by atoms with E-state index >= 15 is 0 Å². The monoisotopic (exact) mass is 262 g/mol. The molecule has 8 heteroatoms. The summed E-state index contributed by atoms with van der Waals surface area (Å²) in [6.07, 6.45) is 1.99. The number of hydrazine groups is 1. The zero-order valence-corrected chi connectivity index (χ0v) is 10.4. The van der Waals surface area contributed by atoms with Crippen molar-refractivity contribution in [3.8, 4) is 0 Å². The lowest BCUT2D eigenvalue weighted by Crippen LogP contribution is -2.26. The molecule has 0 aromatic carbocycles. The predicted octanol–water partition coefficient (Wildman–Crippen LogP) is 0.0311. The van der Waals surface area contributed by atoms with Crippen molar-refractivity contribution in [3.05, 3.63) is 35.6 Å². The van der Waals surface area contributed by atoms with E-state index in [4.69, 9.17) is 10.4 Å². The summed E-state index contributed by atoms with van der Waals surface area (Å²) in [5.74, 6) is 6.52. The van der Waals surface area contributed by atoms with Crippen LogP contribution < -0.4 is 16.6 Å². The van der Waals surface area contributed by atoms with Crippen LogP contribution in [0.2, 0.25) is 0 Å². The molecule has 0 aliphatic rings. The van der Waals surface area contributed by atoms with Gasteiger partial charge in [0, 0.05) is 24.7 Å². The molecule has 0 unspecified atom stereocenters. The molecule has 0 bridgehead atoms. The van der Waals surface area contributed by atoms with Gasteiger partial charge in [-0.1, -0.05) is 5.16 Å². The van der Waals surface area contributed by atoms with Gasteiger partial charge in [0.05, 0.1) is 0 Å². The Balaban J connectivity index is 1.87. The molecule has 2 heterocycles. The first-order valence-electron chi connectivity index (χ1n) is 5.69. The van der Waals surface area contributed by atoms with Crippen LogP contribution in [0.4, 0.5) is 5.82 Å². The molecule has 0 aliphatic carbocycles. The Bertz CT molecular complexity index is 568. The summed E-state index contributed by atoms with van der Waals surface area (Å²) in [6.45, 7) is 2.15. The molecule has 0 fully saturated rings. The Hall–Kier alpha value is -2.48. The van der Waals surface area contributed by atoms with Gasteiger partial charge in [0.1, 0.15) is 5.82 Å². The Labute approximate surface area is 109 Å². The van der Waals surface area contributed by atoms with Gasteiger partial charge in [0.25, 0.3) is 5.91 Å². The minimum Gasteiger partial charge on any atom is -0.352 e. The predicted molar refractivity (Wildman–Crippen MR) is 67.1 cm³/mol. The summed E-state index contributed by atoms with van der Waals surface area (Å²) in [4.78, 5) is 19.8. The molecule has 0 atom stereocenters. The van der Waals surface area contributed by atoms with Crippen LogP contribution in [-0.4, -0.2) is 27.6 Å². The van der Waals surface area contributed by atoms with Gasteiger partial charge in [-0.25, -0.2) is 10.8 Å². The zero-order chi connectivity index (χ0) is 13.7. The molecule has 0 radical (unpaired) electrons. The molecule has 0 saturated heterocycles. The highest BCUT2D eigenvalue weighted by atomic mass is 16.5. The van der Waals surface area contributed by atoms with E-state index < -0.39 is 0 Å². The lowest BCUT2D eigenvalue weighted by molar-refractivity contribution is 0.0953. The highest BCUT2D eigenvalue weighted by molar-refractivity contribution is 5.94. The number of nitrogens with one attached hydrogen (secondary N) is 2. The number of hydrogen-bond acceptors (Lipinski definition) is 7. The normalized spacial score (nSPS) is 10.2. The number of carbonyl (C=O) groups excluding carboxylic acids is 1. The smallest absolute Gasteiger partial charge is 0.251 e. The summed E-state index contributed by atoms with van der Waals surface area (Å²) >= 11 is 0. The summed E-state index contributed by atoms with van der Waals surface area (Å²) in [7, 11) is 0. The molecular formula is C11H14N6O2. The lowest BCUT2D eigenvalue weighted by atomic mass is 10.2. The van der Waals surface area contributed by atoms with Gasteiger partial charge in [0.15, 0.2) is 5.82 Å². The first-order valence-corrected chi connectivity index (χ1v) is 5.69. The van der Waals surface area contributed by atoms with Crippen LogP contribution in [0.5, 0.6) is 0 Å². The maximum atomic E-state index is 11.8. The van der Waals surface area contributed by atoms with E-state index in [2.05, 4.69) is 25.9 Å². The van der Waals surface area contributed by atoms with E-state index in [0.29, 0.717) is 36.1 Å². The third kappa shape index (κ3) is 3.49. The maximum Gasteiger partial charge on any atom is 0.251 e. The Morgan fingerprint density at radius 3 is 3.05 bits per heavy atom. The average Bonchev–Trinajstić information content (AvgIpc) is 2.84. The van der Waals surface area contributed by atoms with Gasteiger partial charge in [-0.2, -0.15) is 4.98 Å². The van der Waals surface area contributed by atoms with Crippen molar-refractivity contribution >= 4 is 11.7 Å². The number of nitrogens with zero attached hydrogens (tertiary/aromatic N) is 3. The van der Waals surface area contributed by atoms with Crippen molar-refractivity contribution in [1.82, 2.24) is 20.4 Å². The van der Waals surface area contributed by atoms with Gasteiger partial charge in [-0.3, -0.25) is 4.79 Å². The molecule has 100 valence electrons. The van der Waals surface area contributed by atoms with Crippen molar-refractivity contribution in [3.63, 3.8) is 0 Å². The standard InChI is InChI=1S/C11H14N6O2/c1-7-15-10(19-17-7)3-5-14-11(18)8-2-4-13-9(6-8)16-12/h2,4,6H,3,5,12H2,1H3,(H,13,16)(H,14,18). The van der Waals surface area contributed by atoms with Gasteiger partial charge < -0.3 is 15.3 Å². The van der Waals surface area contributed by atoms with E-state index in [-0.39, 0.29) is 5.91 Å². The third-order valence-electron chi connectivity index (χ3n) is 2.36. The molecular weight excluding hydrogens is 248 g/mol. The molecule has 0 saturated carbocycles. The number of nitrogen functional groups attached to an aromatic ring is 1. The largest absolute Gasteiger partial charge is 0.352 e. The van der Waals surface area contributed by atoms with Crippen LogP contribution in [0, 0.1) is 6.92 Å². The number of aryl methyl sites for hydroxylation is 1. The number of hydrogen-bond donors (Lipinski definition) is 3. The first-order chi connectivity index (χ1) is 9.19. The molecule has 2 aromatic heterocycles. The highest BCUT2D eigenvalue weighted by Crippen LogP contribution is 2.05. The minimum absolute atomic E-state index is 0.213. The van der Waals surface area contributed by atoms with Crippen molar-refractivity contribution < 1.29 is 9.32 Å².